The van der Waals surface area contributed by atoms with Crippen LogP contribution in [0.4, 0.5) is 16.2 Å². The van der Waals surface area contributed by atoms with Crippen LogP contribution in [0.5, 0.6) is 0 Å². The standard InChI is InChI=1S/C31H38N6O2/c1-22(2)19-31(18-17-23-7-5-4-6-8-23)28(38)37(29(32)36-31)21-25-11-9-24(10-12-25)20-34-30(39)35-27-15-13-26(33-3)14-16-27/h4-16,22,33H,17-21H2,1-3H3,(H2,32,36)(H2,34,35,39). The lowest BCUT2D eigenvalue weighted by atomic mass is 9.83. The Morgan fingerprint density at radius 2 is 1.56 bits per heavy atom. The maximum absolute atomic E-state index is 13.7. The highest BCUT2D eigenvalue weighted by Gasteiger charge is 2.47. The van der Waals surface area contributed by atoms with E-state index in [-0.39, 0.29) is 17.9 Å². The van der Waals surface area contributed by atoms with E-state index in [1.54, 1.807) is 4.90 Å². The minimum atomic E-state index is -0.835. The van der Waals surface area contributed by atoms with Crippen molar-refractivity contribution in [2.45, 2.75) is 51.7 Å². The summed E-state index contributed by atoms with van der Waals surface area (Å²) in [6.07, 6.45) is 2.04. The molecule has 0 spiro atoms. The Bertz CT molecular complexity index is 1290. The molecule has 1 atom stereocenters. The fourth-order valence-electron chi connectivity index (χ4n) is 4.93. The Morgan fingerprint density at radius 3 is 2.21 bits per heavy atom. The van der Waals surface area contributed by atoms with Crippen molar-refractivity contribution >= 4 is 29.3 Å². The van der Waals surface area contributed by atoms with Crippen LogP contribution in [0.1, 0.15) is 43.4 Å². The topological polar surface area (TPSA) is 112 Å². The van der Waals surface area contributed by atoms with Crippen molar-refractivity contribution in [2.75, 3.05) is 17.7 Å². The van der Waals surface area contributed by atoms with Crippen LogP contribution in [-0.2, 0) is 24.3 Å². The van der Waals surface area contributed by atoms with Gasteiger partial charge in [0.1, 0.15) is 5.54 Å². The highest BCUT2D eigenvalue weighted by molar-refractivity contribution is 6.06. The Hall–Kier alpha value is -4.33. The molecule has 1 aliphatic heterocycles. The van der Waals surface area contributed by atoms with Gasteiger partial charge in [0, 0.05) is 25.0 Å². The summed E-state index contributed by atoms with van der Waals surface area (Å²) in [6, 6.07) is 25.2. The lowest BCUT2D eigenvalue weighted by Crippen LogP contribution is -2.44. The fraction of sp³-hybridized carbons (Fsp3) is 0.323. The molecule has 4 rings (SSSR count). The number of aryl methyl sites for hydroxylation is 1. The second-order valence-electron chi connectivity index (χ2n) is 10.4. The van der Waals surface area contributed by atoms with E-state index in [0.717, 1.165) is 23.2 Å². The van der Waals surface area contributed by atoms with Gasteiger partial charge >= 0.3 is 6.03 Å². The predicted molar refractivity (Wildman–Crippen MR) is 157 cm³/mol. The first-order valence-electron chi connectivity index (χ1n) is 13.4. The molecule has 0 fully saturated rings. The molecule has 0 aliphatic carbocycles. The second kappa shape index (κ2) is 12.5. The maximum atomic E-state index is 13.7. The van der Waals surface area contributed by atoms with Gasteiger partial charge in [0.15, 0.2) is 5.96 Å². The van der Waals surface area contributed by atoms with E-state index < -0.39 is 5.54 Å². The van der Waals surface area contributed by atoms with Crippen LogP contribution in [0.25, 0.3) is 0 Å². The molecule has 5 N–H and O–H groups in total. The summed E-state index contributed by atoms with van der Waals surface area (Å²) in [6.45, 7) is 4.96. The van der Waals surface area contributed by atoms with Crippen molar-refractivity contribution in [3.05, 3.63) is 95.6 Å². The lowest BCUT2D eigenvalue weighted by molar-refractivity contribution is -0.132. The molecule has 204 valence electrons. The van der Waals surface area contributed by atoms with E-state index in [1.165, 1.54) is 5.56 Å². The van der Waals surface area contributed by atoms with Gasteiger partial charge in [-0.05, 0) is 66.1 Å². The van der Waals surface area contributed by atoms with Crippen LogP contribution in [0.3, 0.4) is 0 Å². The number of rotatable bonds is 11. The summed E-state index contributed by atoms with van der Waals surface area (Å²) in [5.74, 6) is 0.548. The molecule has 3 aromatic carbocycles. The zero-order chi connectivity index (χ0) is 27.8. The number of aliphatic imine (C=N–C) groups is 1. The van der Waals surface area contributed by atoms with E-state index in [0.29, 0.717) is 37.5 Å². The smallest absolute Gasteiger partial charge is 0.319 e. The summed E-state index contributed by atoms with van der Waals surface area (Å²) in [7, 11) is 1.85. The van der Waals surface area contributed by atoms with Gasteiger partial charge in [0.05, 0.1) is 6.54 Å². The molecule has 1 aliphatic rings. The number of carbonyl (C=O) groups excluding carboxylic acids is 2. The van der Waals surface area contributed by atoms with Gasteiger partial charge in [0.25, 0.3) is 5.91 Å². The van der Waals surface area contributed by atoms with E-state index in [4.69, 9.17) is 10.7 Å². The fourth-order valence-corrected chi connectivity index (χ4v) is 4.93. The average molecular weight is 527 g/mol. The summed E-state index contributed by atoms with van der Waals surface area (Å²) in [5, 5.41) is 8.74. The van der Waals surface area contributed by atoms with Crippen molar-refractivity contribution in [3.63, 3.8) is 0 Å². The van der Waals surface area contributed by atoms with Gasteiger partial charge in [-0.2, -0.15) is 0 Å². The SMILES string of the molecule is CNc1ccc(NC(=O)NCc2ccc(CN3C(=O)C(CCc4ccccc4)(CC(C)C)N=C3N)cc2)cc1. The zero-order valence-corrected chi connectivity index (χ0v) is 22.9. The van der Waals surface area contributed by atoms with Crippen LogP contribution < -0.4 is 21.7 Å². The number of urea groups is 1. The normalized spacial score (nSPS) is 16.8. The average Bonchev–Trinajstić information content (AvgIpc) is 3.16. The molecule has 8 heteroatoms. The third kappa shape index (κ3) is 7.16. The molecule has 0 aromatic heterocycles. The van der Waals surface area contributed by atoms with Gasteiger partial charge in [0.2, 0.25) is 0 Å². The van der Waals surface area contributed by atoms with Crippen molar-refractivity contribution in [1.29, 1.82) is 0 Å². The van der Waals surface area contributed by atoms with Gasteiger partial charge < -0.3 is 21.7 Å². The number of nitrogens with one attached hydrogen (secondary N) is 3. The molecule has 0 bridgehead atoms. The van der Waals surface area contributed by atoms with E-state index in [1.807, 2.05) is 73.8 Å². The first kappa shape index (κ1) is 27.7. The maximum Gasteiger partial charge on any atom is 0.319 e. The predicted octanol–water partition coefficient (Wildman–Crippen LogP) is 5.12. The number of hydrogen-bond acceptors (Lipinski definition) is 5. The summed E-state index contributed by atoms with van der Waals surface area (Å²) >= 11 is 0. The number of anilines is 2. The first-order chi connectivity index (χ1) is 18.8. The van der Waals surface area contributed by atoms with Gasteiger partial charge in [-0.3, -0.25) is 9.69 Å². The third-order valence-corrected chi connectivity index (χ3v) is 6.91. The highest BCUT2D eigenvalue weighted by Crippen LogP contribution is 2.34. The molecular weight excluding hydrogens is 488 g/mol. The minimum Gasteiger partial charge on any atom is -0.388 e. The Labute approximate surface area is 230 Å². The number of nitrogens with zero attached hydrogens (tertiary/aromatic N) is 2. The summed E-state index contributed by atoms with van der Waals surface area (Å²) in [5.41, 5.74) is 10.3. The quantitative estimate of drug-likeness (QED) is 0.278. The van der Waals surface area contributed by atoms with Gasteiger partial charge in [-0.15, -0.1) is 0 Å². The number of amides is 3. The number of hydrogen-bond donors (Lipinski definition) is 4. The Morgan fingerprint density at radius 1 is 0.923 bits per heavy atom. The van der Waals surface area contributed by atoms with Gasteiger partial charge in [-0.25, -0.2) is 9.79 Å². The second-order valence-corrected chi connectivity index (χ2v) is 10.4. The Kier molecular flexibility index (Phi) is 8.86. The molecule has 8 nitrogen and oxygen atoms in total. The van der Waals surface area contributed by atoms with Crippen molar-refractivity contribution in [2.24, 2.45) is 16.6 Å². The highest BCUT2D eigenvalue weighted by atomic mass is 16.2. The van der Waals surface area contributed by atoms with Crippen LogP contribution in [0, 0.1) is 5.92 Å². The first-order valence-corrected chi connectivity index (χ1v) is 13.4. The molecule has 3 amide bonds. The molecule has 0 saturated carbocycles. The van der Waals surface area contributed by atoms with Crippen molar-refractivity contribution in [1.82, 2.24) is 10.2 Å². The number of nitrogens with two attached hydrogens (primary N) is 1. The molecule has 1 unspecified atom stereocenters. The molecule has 39 heavy (non-hydrogen) atoms. The van der Waals surface area contributed by atoms with Crippen LogP contribution >= 0.6 is 0 Å². The lowest BCUT2D eigenvalue weighted by Gasteiger charge is -2.28. The Balaban J connectivity index is 1.34. The van der Waals surface area contributed by atoms with Crippen LogP contribution in [-0.4, -0.2) is 35.4 Å². The third-order valence-electron chi connectivity index (χ3n) is 6.91. The molecule has 1 heterocycles. The molecule has 3 aromatic rings. The number of guanidine groups is 1. The summed E-state index contributed by atoms with van der Waals surface area (Å²) in [4.78, 5) is 32.3. The van der Waals surface area contributed by atoms with Crippen molar-refractivity contribution < 1.29 is 9.59 Å². The van der Waals surface area contributed by atoms with E-state index >= 15 is 0 Å². The minimum absolute atomic E-state index is 0.0326. The van der Waals surface area contributed by atoms with Crippen molar-refractivity contribution in [3.8, 4) is 0 Å². The van der Waals surface area contributed by atoms with Crippen LogP contribution in [0.15, 0.2) is 83.9 Å². The summed E-state index contributed by atoms with van der Waals surface area (Å²) < 4.78 is 0. The molecule has 0 saturated heterocycles. The van der Waals surface area contributed by atoms with Crippen LogP contribution in [0.2, 0.25) is 0 Å². The monoisotopic (exact) mass is 526 g/mol. The number of carbonyl (C=O) groups is 2. The number of benzene rings is 3. The van der Waals surface area contributed by atoms with E-state index in [9.17, 15) is 9.59 Å². The van der Waals surface area contributed by atoms with E-state index in [2.05, 4.69) is 41.9 Å². The molecule has 0 radical (unpaired) electrons. The molecular formula is C31H38N6O2. The van der Waals surface area contributed by atoms with Gasteiger partial charge in [-0.1, -0.05) is 68.4 Å². The zero-order valence-electron chi connectivity index (χ0n) is 22.9. The largest absolute Gasteiger partial charge is 0.388 e.